The van der Waals surface area contributed by atoms with Crippen molar-refractivity contribution >= 4 is 31.0 Å². The maximum absolute atomic E-state index is 9.21. The summed E-state index contributed by atoms with van der Waals surface area (Å²) in [6.07, 6.45) is 0. The van der Waals surface area contributed by atoms with Gasteiger partial charge in [-0.2, -0.15) is 0 Å². The van der Waals surface area contributed by atoms with Gasteiger partial charge in [-0.3, -0.25) is 0 Å². The van der Waals surface area contributed by atoms with E-state index in [9.17, 15) is 7.61 Å². The maximum atomic E-state index is 9.21. The van der Waals surface area contributed by atoms with E-state index in [1.54, 1.807) is 0 Å². The van der Waals surface area contributed by atoms with E-state index in [4.69, 9.17) is 11.4 Å². The van der Waals surface area contributed by atoms with E-state index in [-0.39, 0.29) is 0 Å². The van der Waals surface area contributed by atoms with Gasteiger partial charge in [-0.15, -0.1) is 0 Å². The van der Waals surface area contributed by atoms with E-state index in [1.165, 1.54) is 0 Å². The minimum atomic E-state index is -3.79. The molecule has 0 bridgehead atoms. The molecule has 0 aliphatic carbocycles. The van der Waals surface area contributed by atoms with Gasteiger partial charge in [0.25, 0.3) is 0 Å². The molecule has 0 saturated heterocycles. The molecule has 0 N–H and O–H groups in total. The van der Waals surface area contributed by atoms with Crippen LogP contribution in [0.3, 0.4) is 0 Å². The zero-order chi connectivity index (χ0) is 7.70. The number of rotatable bonds is 2. The van der Waals surface area contributed by atoms with Crippen LogP contribution in [0.1, 0.15) is 0 Å². The predicted octanol–water partition coefficient (Wildman–Crippen LogP) is -1.43. The third-order valence-corrected chi connectivity index (χ3v) is 1.00. The normalized spacial score (nSPS) is 4.89. The molecule has 0 radical (unpaired) electrons. The second kappa shape index (κ2) is 11.2. The topological polar surface area (TPSA) is 94.6 Å². The molecule has 0 saturated carbocycles. The minimum absolute atomic E-state index is 1.24. The van der Waals surface area contributed by atoms with Gasteiger partial charge in [0, 0.05) is 0 Å². The van der Waals surface area contributed by atoms with Crippen molar-refractivity contribution in [2.45, 2.75) is 0 Å². The standard InChI is InChI=1S/2Al.Cr.6O. The Morgan fingerprint density at radius 2 is 1.22 bits per heavy atom. The van der Waals surface area contributed by atoms with Crippen LogP contribution in [0.2, 0.25) is 0 Å². The zero-order valence-electron chi connectivity index (χ0n) is 4.01. The summed E-state index contributed by atoms with van der Waals surface area (Å²) < 4.78 is 47.9. The van der Waals surface area contributed by atoms with Gasteiger partial charge in [0.05, 0.1) is 0 Å². The molecule has 0 amide bonds. The summed E-state index contributed by atoms with van der Waals surface area (Å²) in [6, 6.07) is 0. The van der Waals surface area contributed by atoms with E-state index in [1.807, 2.05) is 0 Å². The first-order valence-corrected chi connectivity index (χ1v) is 4.89. The van der Waals surface area contributed by atoms with Crippen LogP contribution in [0.5, 0.6) is 0 Å². The van der Waals surface area contributed by atoms with E-state index in [0.29, 0.717) is 0 Å². The number of hydrogen-bond acceptors (Lipinski definition) is 6. The molecule has 0 aromatic heterocycles. The van der Waals surface area contributed by atoms with Crippen molar-refractivity contribution in [1.29, 1.82) is 0 Å². The Bertz CT molecular complexity index is 149. The Kier molecular flexibility index (Phi) is 15.1. The number of hydrogen-bond donors (Lipinski definition) is 0. The van der Waals surface area contributed by atoms with Crippen LogP contribution in [-0.4, -0.2) is 31.0 Å². The van der Waals surface area contributed by atoms with Gasteiger partial charge in [-0.05, 0) is 0 Å². The predicted molar refractivity (Wildman–Crippen MR) is 16.0 cm³/mol. The van der Waals surface area contributed by atoms with E-state index >= 15 is 0 Å². The fourth-order valence-corrected chi connectivity index (χ4v) is 0.204. The van der Waals surface area contributed by atoms with Crippen molar-refractivity contribution in [2.24, 2.45) is 0 Å². The van der Waals surface area contributed by atoms with Crippen molar-refractivity contribution in [2.75, 3.05) is 0 Å². The first-order valence-electron chi connectivity index (χ1n) is 1.44. The summed E-state index contributed by atoms with van der Waals surface area (Å²) in [7, 11) is 0. The molecule has 48 valence electrons. The van der Waals surface area contributed by atoms with Gasteiger partial charge in [0.2, 0.25) is 0 Å². The molecule has 6 nitrogen and oxygen atoms in total. The summed E-state index contributed by atoms with van der Waals surface area (Å²) in [5.41, 5.74) is 0. The molecule has 0 heterocycles. The Labute approximate surface area is 66.7 Å². The van der Waals surface area contributed by atoms with Crippen molar-refractivity contribution < 1.29 is 35.8 Å². The Morgan fingerprint density at radius 1 is 1.00 bits per heavy atom. The molecule has 9 heteroatoms. The van der Waals surface area contributed by atoms with Crippen LogP contribution in [0.15, 0.2) is 0 Å². The van der Waals surface area contributed by atoms with E-state index < -0.39 is 44.9 Å². The van der Waals surface area contributed by atoms with Crippen LogP contribution in [0.25, 0.3) is 0 Å². The monoisotopic (exact) mass is 202 g/mol. The molecule has 0 aromatic rings. The van der Waals surface area contributed by atoms with E-state index in [0.717, 1.165) is 0 Å². The molecule has 0 fully saturated rings. The molecule has 0 aliphatic heterocycles. The van der Waals surface area contributed by atoms with Gasteiger partial charge in [0.1, 0.15) is 0 Å². The molecule has 0 unspecified atom stereocenters. The third kappa shape index (κ3) is 59.8. The van der Waals surface area contributed by atoms with Crippen molar-refractivity contribution in [1.82, 2.24) is 0 Å². The first kappa shape index (κ1) is 12.1. The Balaban J connectivity index is 0. The fourth-order valence-electron chi connectivity index (χ4n) is 0.0227. The van der Waals surface area contributed by atoms with Gasteiger partial charge in [-0.1, -0.05) is 0 Å². The van der Waals surface area contributed by atoms with Crippen LogP contribution in [-0.2, 0) is 35.8 Å². The van der Waals surface area contributed by atoms with Crippen molar-refractivity contribution in [3.8, 4) is 0 Å². The molecule has 0 rings (SSSR count). The summed E-state index contributed by atoms with van der Waals surface area (Å²) in [5, 5.41) is 0. The molecule has 0 spiro atoms. The summed E-state index contributed by atoms with van der Waals surface area (Å²) in [5.74, 6) is 0. The van der Waals surface area contributed by atoms with Crippen molar-refractivity contribution in [3.05, 3.63) is 0 Å². The van der Waals surface area contributed by atoms with Crippen LogP contribution < -0.4 is 0 Å². The Morgan fingerprint density at radius 3 is 1.22 bits per heavy atom. The van der Waals surface area contributed by atoms with Crippen LogP contribution in [0.4, 0.5) is 0 Å². The quantitative estimate of drug-likeness (QED) is 0.509. The average molecular weight is 202 g/mol. The first-order chi connectivity index (χ1) is 4.15. The molecule has 9 heavy (non-hydrogen) atoms. The molecular formula is Al2CrO6. The fraction of sp³-hybridized carbons (Fsp3) is 0. The SMILES string of the molecule is [O]=[Al][O][Al]=[O].[O]=[Cr](=[O])=[O]. The summed E-state index contributed by atoms with van der Waals surface area (Å²) in [4.78, 5) is 0. The van der Waals surface area contributed by atoms with Crippen LogP contribution >= 0.6 is 0 Å². The van der Waals surface area contributed by atoms with Crippen LogP contribution in [0, 0.1) is 0 Å². The second-order valence-corrected chi connectivity index (χ2v) is 2.64. The molecule has 0 atom stereocenters. The van der Waals surface area contributed by atoms with Gasteiger partial charge >= 0.3 is 66.8 Å². The average Bonchev–Trinajstić information content (AvgIpc) is 1.66. The summed E-state index contributed by atoms with van der Waals surface area (Å²) in [6.45, 7) is 0. The zero-order valence-corrected chi connectivity index (χ0v) is 7.60. The molecular weight excluding hydrogens is 202 g/mol. The summed E-state index contributed by atoms with van der Waals surface area (Å²) >= 11 is -6.27. The third-order valence-electron chi connectivity index (χ3n) is 0.111. The molecule has 0 aliphatic rings. The van der Waals surface area contributed by atoms with Gasteiger partial charge in [0.15, 0.2) is 0 Å². The van der Waals surface area contributed by atoms with Crippen molar-refractivity contribution in [3.63, 3.8) is 0 Å². The van der Waals surface area contributed by atoms with E-state index in [2.05, 4.69) is 2.84 Å². The molecule has 0 aromatic carbocycles. The second-order valence-electron chi connectivity index (χ2n) is 0.533. The van der Waals surface area contributed by atoms with Gasteiger partial charge in [-0.25, -0.2) is 0 Å². The Hall–Kier alpha value is 0.397. The van der Waals surface area contributed by atoms with Gasteiger partial charge < -0.3 is 0 Å².